The molecule has 0 aliphatic carbocycles. The molecule has 9 amide bonds. The number of esters is 2. The predicted octanol–water partition coefficient (Wildman–Crippen LogP) is 1.05. The molecule has 1 rings (SSSR count). The van der Waals surface area contributed by atoms with Gasteiger partial charge < -0.3 is 62.9 Å². The molecular weight excluding hydrogens is 847 g/mol. The number of nitrogens with two attached hydrogens (primary N) is 2. The summed E-state index contributed by atoms with van der Waals surface area (Å²) in [4.78, 5) is 116. The number of amides is 9. The molecule has 21 nitrogen and oxygen atoms in total. The summed E-state index contributed by atoms with van der Waals surface area (Å²) < 4.78 is 17.4. The molecular formula is C44H69N9O12. The second-order valence-electron chi connectivity index (χ2n) is 15.8. The number of primary amides is 2. The van der Waals surface area contributed by atoms with Crippen LogP contribution in [0.5, 0.6) is 0 Å². The number of carbonyl (C=O) groups is 9. The number of ether oxygens (including phenoxy) is 3. The minimum atomic E-state index is -1.56. The van der Waals surface area contributed by atoms with E-state index >= 15 is 0 Å². The van der Waals surface area contributed by atoms with E-state index in [9.17, 15) is 43.2 Å². The Balaban J connectivity index is 3.63. The molecule has 362 valence electrons. The van der Waals surface area contributed by atoms with Crippen LogP contribution in [0.25, 0.3) is 0 Å². The highest BCUT2D eigenvalue weighted by Crippen LogP contribution is 2.31. The fourth-order valence-electron chi connectivity index (χ4n) is 5.79. The Morgan fingerprint density at radius 2 is 1.58 bits per heavy atom. The average Bonchev–Trinajstić information content (AvgIpc) is 3.25. The molecule has 0 radical (unpaired) electrons. The predicted molar refractivity (Wildman–Crippen MR) is 241 cm³/mol. The number of hydrogen-bond acceptors (Lipinski definition) is 12. The molecule has 11 N–H and O–H groups in total. The SMILES string of the molecule is C/C=C1/NC(=O)/C=C/[C@@H](C(C)C)OC(=O)C(C)(C)C(C[C@H](/C=C/C=C/C/C=C\CCCC)OC)OC(=O)CNC(=O)C(CNC(N)=O)NC(=O)CNC(=O)[C@@H](CCCNC(N)=O)NC1=O. The van der Waals surface area contributed by atoms with Crippen molar-refractivity contribution in [3.8, 4) is 0 Å². The number of cyclic esters (lactones) is 2. The third-order valence-corrected chi connectivity index (χ3v) is 9.77. The van der Waals surface area contributed by atoms with Crippen molar-refractivity contribution in [3.63, 3.8) is 0 Å². The Morgan fingerprint density at radius 1 is 0.908 bits per heavy atom. The average molecular weight is 916 g/mol. The van der Waals surface area contributed by atoms with Crippen molar-refractivity contribution in [1.82, 2.24) is 37.2 Å². The van der Waals surface area contributed by atoms with Crippen LogP contribution in [0.1, 0.15) is 86.5 Å². The Morgan fingerprint density at radius 3 is 2.22 bits per heavy atom. The van der Waals surface area contributed by atoms with E-state index in [0.717, 1.165) is 31.8 Å². The monoisotopic (exact) mass is 916 g/mol. The van der Waals surface area contributed by atoms with Crippen molar-refractivity contribution in [1.29, 1.82) is 0 Å². The first-order valence-electron chi connectivity index (χ1n) is 21.5. The summed E-state index contributed by atoms with van der Waals surface area (Å²) in [6.07, 6.45) is 16.2. The van der Waals surface area contributed by atoms with Crippen LogP contribution in [0.15, 0.2) is 60.4 Å². The first kappa shape index (κ1) is 56.5. The van der Waals surface area contributed by atoms with Gasteiger partial charge in [0.2, 0.25) is 23.6 Å². The van der Waals surface area contributed by atoms with Crippen molar-refractivity contribution in [2.45, 2.75) is 117 Å². The van der Waals surface area contributed by atoms with E-state index in [4.69, 9.17) is 25.7 Å². The third kappa shape index (κ3) is 23.1. The van der Waals surface area contributed by atoms with Gasteiger partial charge in [-0.05, 0) is 58.4 Å². The second kappa shape index (κ2) is 30.6. The summed E-state index contributed by atoms with van der Waals surface area (Å²) >= 11 is 0. The molecule has 0 saturated heterocycles. The highest BCUT2D eigenvalue weighted by Gasteiger charge is 2.43. The van der Waals surface area contributed by atoms with E-state index in [-0.39, 0.29) is 37.4 Å². The summed E-state index contributed by atoms with van der Waals surface area (Å²) in [5.41, 5.74) is 8.51. The minimum Gasteiger partial charge on any atom is -0.460 e. The van der Waals surface area contributed by atoms with E-state index in [1.807, 2.05) is 12.2 Å². The lowest BCUT2D eigenvalue weighted by Crippen LogP contribution is -2.56. The molecule has 0 aromatic rings. The van der Waals surface area contributed by atoms with Crippen LogP contribution in [0.3, 0.4) is 0 Å². The van der Waals surface area contributed by atoms with Gasteiger partial charge in [0.1, 0.15) is 36.5 Å². The lowest BCUT2D eigenvalue weighted by Gasteiger charge is -2.34. The summed E-state index contributed by atoms with van der Waals surface area (Å²) in [5, 5.41) is 16.5. The molecule has 0 fully saturated rings. The fraction of sp³-hybridized carbons (Fsp3) is 0.568. The van der Waals surface area contributed by atoms with E-state index < -0.39 is 109 Å². The molecule has 0 aromatic carbocycles. The first-order valence-corrected chi connectivity index (χ1v) is 21.5. The zero-order valence-electron chi connectivity index (χ0n) is 38.5. The number of hydrogen-bond donors (Lipinski definition) is 9. The van der Waals surface area contributed by atoms with Gasteiger partial charge in [0.15, 0.2) is 0 Å². The largest absolute Gasteiger partial charge is 0.460 e. The number of unbranched alkanes of at least 4 members (excludes halogenated alkanes) is 2. The zero-order chi connectivity index (χ0) is 49.0. The lowest BCUT2D eigenvalue weighted by molar-refractivity contribution is -0.175. The smallest absolute Gasteiger partial charge is 0.325 e. The van der Waals surface area contributed by atoms with Crippen molar-refractivity contribution >= 4 is 53.5 Å². The Hall–Kier alpha value is -6.51. The van der Waals surface area contributed by atoms with Gasteiger partial charge in [-0.15, -0.1) is 0 Å². The van der Waals surface area contributed by atoms with Crippen LogP contribution in [0.2, 0.25) is 0 Å². The van der Waals surface area contributed by atoms with Crippen LogP contribution in [0, 0.1) is 11.3 Å². The Kier molecular flexibility index (Phi) is 26.6. The molecule has 0 spiro atoms. The normalized spacial score (nSPS) is 22.8. The highest BCUT2D eigenvalue weighted by atomic mass is 16.6. The van der Waals surface area contributed by atoms with Gasteiger partial charge in [-0.1, -0.05) is 76.1 Å². The van der Waals surface area contributed by atoms with Crippen LogP contribution < -0.4 is 48.7 Å². The fourth-order valence-corrected chi connectivity index (χ4v) is 5.79. The van der Waals surface area contributed by atoms with Gasteiger partial charge in [-0.3, -0.25) is 33.6 Å². The topological polar surface area (TPSA) is 318 Å². The molecule has 21 heteroatoms. The summed E-state index contributed by atoms with van der Waals surface area (Å²) in [6, 6.07) is -4.68. The third-order valence-electron chi connectivity index (χ3n) is 9.77. The van der Waals surface area contributed by atoms with Crippen molar-refractivity contribution in [3.05, 3.63) is 60.4 Å². The molecule has 0 aromatic heterocycles. The van der Waals surface area contributed by atoms with Gasteiger partial charge in [0.25, 0.3) is 5.91 Å². The summed E-state index contributed by atoms with van der Waals surface area (Å²) in [5.74, 6) is -6.56. The maximum absolute atomic E-state index is 14.0. The van der Waals surface area contributed by atoms with Crippen LogP contribution >= 0.6 is 0 Å². The van der Waals surface area contributed by atoms with E-state index in [0.29, 0.717) is 0 Å². The van der Waals surface area contributed by atoms with Crippen molar-refractivity contribution in [2.75, 3.05) is 33.3 Å². The second-order valence-corrected chi connectivity index (χ2v) is 15.8. The number of carbonyl (C=O) groups excluding carboxylic acids is 9. The molecule has 2 unspecified atom stereocenters. The van der Waals surface area contributed by atoms with Crippen molar-refractivity contribution < 1.29 is 57.4 Å². The number of nitrogens with one attached hydrogen (secondary N) is 7. The maximum Gasteiger partial charge on any atom is 0.325 e. The minimum absolute atomic E-state index is 0.0324. The van der Waals surface area contributed by atoms with Gasteiger partial charge in [0.05, 0.1) is 18.1 Å². The van der Waals surface area contributed by atoms with Crippen LogP contribution in [-0.4, -0.2) is 117 Å². The summed E-state index contributed by atoms with van der Waals surface area (Å²) in [7, 11) is 1.45. The zero-order valence-corrected chi connectivity index (χ0v) is 38.5. The number of urea groups is 2. The lowest BCUT2D eigenvalue weighted by atomic mass is 9.83. The number of rotatable bonds is 17. The highest BCUT2D eigenvalue weighted by molar-refractivity contribution is 6.02. The van der Waals surface area contributed by atoms with Gasteiger partial charge in [0, 0.05) is 32.7 Å². The quantitative estimate of drug-likeness (QED) is 0.0325. The summed E-state index contributed by atoms with van der Waals surface area (Å²) in [6.45, 7) is 8.10. The van der Waals surface area contributed by atoms with Crippen LogP contribution in [0.4, 0.5) is 9.59 Å². The molecule has 1 aliphatic rings. The van der Waals surface area contributed by atoms with Gasteiger partial charge >= 0.3 is 24.0 Å². The Labute approximate surface area is 380 Å². The maximum atomic E-state index is 14.0. The molecule has 5 atom stereocenters. The molecule has 1 heterocycles. The number of allylic oxidation sites excluding steroid dienone is 6. The van der Waals surface area contributed by atoms with Gasteiger partial charge in [-0.2, -0.15) is 0 Å². The molecule has 65 heavy (non-hydrogen) atoms. The van der Waals surface area contributed by atoms with E-state index in [1.54, 1.807) is 26.0 Å². The van der Waals surface area contributed by atoms with Crippen molar-refractivity contribution in [2.24, 2.45) is 22.8 Å². The first-order chi connectivity index (χ1) is 30.7. The molecule has 1 aliphatic heterocycles. The molecule has 0 saturated carbocycles. The Bertz CT molecular complexity index is 1790. The molecule has 0 bridgehead atoms. The van der Waals surface area contributed by atoms with E-state index in [1.165, 1.54) is 40.0 Å². The van der Waals surface area contributed by atoms with Crippen LogP contribution in [-0.2, 0) is 47.8 Å². The number of methoxy groups -OCH3 is 1. The van der Waals surface area contributed by atoms with Gasteiger partial charge in [-0.25, -0.2) is 9.59 Å². The van der Waals surface area contributed by atoms with E-state index in [2.05, 4.69) is 56.3 Å². The standard InChI is InChI=1S/C44H69N9O12/c1-8-10-11-12-13-14-15-16-17-19-29(63-7)24-34-44(5,6)41(60)64-33(28(3)4)21-22-35(54)51-30(9-2)40(59)53-31(20-18-23-47-42(45)61)38(57)48-26-36(55)52-32(25-50-43(46)62)39(58)49-27-37(56)65-34/h9,12-13,15-17,19,21-22,28-29,31-34H,8,10-11,14,18,20,23-27H2,1-7H3,(H,48,57)(H,49,58)(H,51,54)(H,52,55)(H,53,59)(H3,45,47,61)(H3,46,50,62)/b13-12-,16-15+,19-17+,22-21+,30-9+/t29-,31+,32?,33-,34?/m0/s1.